The van der Waals surface area contributed by atoms with Crippen LogP contribution in [0.1, 0.15) is 58.3 Å². The van der Waals surface area contributed by atoms with Crippen LogP contribution in [-0.2, 0) is 9.53 Å². The van der Waals surface area contributed by atoms with Crippen molar-refractivity contribution < 1.29 is 9.53 Å². The standard InChI is InChI=1S/C13H22O2/c1-2-3-4-5-13(14)15-12-9-10-6-7-11(12)8-10/h10-12H,2-9H2,1H3. The fourth-order valence-corrected chi connectivity index (χ4v) is 3.08. The number of hydrogen-bond donors (Lipinski definition) is 0. The first-order chi connectivity index (χ1) is 7.29. The van der Waals surface area contributed by atoms with Crippen molar-refractivity contribution in [3.05, 3.63) is 0 Å². The molecule has 0 aromatic heterocycles. The van der Waals surface area contributed by atoms with Crippen molar-refractivity contribution in [3.63, 3.8) is 0 Å². The van der Waals surface area contributed by atoms with Crippen LogP contribution in [0.5, 0.6) is 0 Å². The van der Waals surface area contributed by atoms with Crippen molar-refractivity contribution in [2.75, 3.05) is 0 Å². The molecule has 3 unspecified atom stereocenters. The zero-order valence-corrected chi connectivity index (χ0v) is 9.71. The molecule has 2 bridgehead atoms. The predicted octanol–water partition coefficient (Wildman–Crippen LogP) is 3.30. The summed E-state index contributed by atoms with van der Waals surface area (Å²) in [5.41, 5.74) is 0. The highest BCUT2D eigenvalue weighted by molar-refractivity contribution is 5.69. The van der Waals surface area contributed by atoms with E-state index in [2.05, 4.69) is 6.92 Å². The highest BCUT2D eigenvalue weighted by atomic mass is 16.5. The van der Waals surface area contributed by atoms with Gasteiger partial charge in [0, 0.05) is 6.42 Å². The van der Waals surface area contributed by atoms with Gasteiger partial charge < -0.3 is 4.74 Å². The molecular weight excluding hydrogens is 188 g/mol. The van der Waals surface area contributed by atoms with Gasteiger partial charge in [-0.25, -0.2) is 0 Å². The molecule has 2 aliphatic carbocycles. The van der Waals surface area contributed by atoms with Gasteiger partial charge in [0.1, 0.15) is 6.10 Å². The fraction of sp³-hybridized carbons (Fsp3) is 0.923. The maximum atomic E-state index is 11.5. The first-order valence-corrected chi connectivity index (χ1v) is 6.49. The number of fused-ring (bicyclic) bond motifs is 2. The molecule has 2 nitrogen and oxygen atoms in total. The maximum Gasteiger partial charge on any atom is 0.306 e. The minimum Gasteiger partial charge on any atom is -0.462 e. The van der Waals surface area contributed by atoms with E-state index in [-0.39, 0.29) is 12.1 Å². The van der Waals surface area contributed by atoms with Crippen LogP contribution in [0.3, 0.4) is 0 Å². The Hall–Kier alpha value is -0.530. The summed E-state index contributed by atoms with van der Waals surface area (Å²) in [5.74, 6) is 1.61. The molecule has 0 aromatic rings. The average Bonchev–Trinajstić information content (AvgIpc) is 2.79. The lowest BCUT2D eigenvalue weighted by Gasteiger charge is -2.21. The summed E-state index contributed by atoms with van der Waals surface area (Å²) in [6, 6.07) is 0. The van der Waals surface area contributed by atoms with Gasteiger partial charge >= 0.3 is 5.97 Å². The molecule has 0 radical (unpaired) electrons. The van der Waals surface area contributed by atoms with Crippen LogP contribution in [0, 0.1) is 11.8 Å². The van der Waals surface area contributed by atoms with E-state index in [1.807, 2.05) is 0 Å². The van der Waals surface area contributed by atoms with E-state index in [9.17, 15) is 4.79 Å². The van der Waals surface area contributed by atoms with Crippen LogP contribution in [-0.4, -0.2) is 12.1 Å². The molecule has 2 aliphatic rings. The molecule has 2 heteroatoms. The Morgan fingerprint density at radius 2 is 2.13 bits per heavy atom. The van der Waals surface area contributed by atoms with Crippen LogP contribution in [0.4, 0.5) is 0 Å². The van der Waals surface area contributed by atoms with Gasteiger partial charge in [-0.3, -0.25) is 4.79 Å². The zero-order chi connectivity index (χ0) is 10.7. The summed E-state index contributed by atoms with van der Waals surface area (Å²) in [4.78, 5) is 11.5. The molecule has 2 fully saturated rings. The van der Waals surface area contributed by atoms with Gasteiger partial charge in [0.15, 0.2) is 0 Å². The molecular formula is C13H22O2. The van der Waals surface area contributed by atoms with Crippen LogP contribution in [0.2, 0.25) is 0 Å². The Kier molecular flexibility index (Phi) is 3.66. The van der Waals surface area contributed by atoms with Crippen molar-refractivity contribution in [1.29, 1.82) is 0 Å². The van der Waals surface area contributed by atoms with Gasteiger partial charge in [0.2, 0.25) is 0 Å². The monoisotopic (exact) mass is 210 g/mol. The largest absolute Gasteiger partial charge is 0.462 e. The number of carbonyl (C=O) groups excluding carboxylic acids is 1. The highest BCUT2D eigenvalue weighted by Crippen LogP contribution is 2.45. The Balaban J connectivity index is 1.66. The third kappa shape index (κ3) is 2.73. The predicted molar refractivity (Wildman–Crippen MR) is 59.5 cm³/mol. The van der Waals surface area contributed by atoms with Gasteiger partial charge in [-0.15, -0.1) is 0 Å². The summed E-state index contributed by atoms with van der Waals surface area (Å²) in [7, 11) is 0. The number of unbranched alkanes of at least 4 members (excludes halogenated alkanes) is 2. The summed E-state index contributed by atoms with van der Waals surface area (Å²) in [5, 5.41) is 0. The molecule has 0 aliphatic heterocycles. The second-order valence-electron chi connectivity index (χ2n) is 5.16. The molecule has 0 N–H and O–H groups in total. The first kappa shape index (κ1) is 11.0. The Labute approximate surface area is 92.4 Å². The Bertz CT molecular complexity index is 225. The zero-order valence-electron chi connectivity index (χ0n) is 9.71. The minimum atomic E-state index is 0.0426. The molecule has 0 heterocycles. The van der Waals surface area contributed by atoms with E-state index in [0.717, 1.165) is 25.2 Å². The summed E-state index contributed by atoms with van der Waals surface area (Å²) < 4.78 is 5.55. The van der Waals surface area contributed by atoms with Gasteiger partial charge in [-0.1, -0.05) is 19.8 Å². The quantitative estimate of drug-likeness (QED) is 0.514. The lowest BCUT2D eigenvalue weighted by molar-refractivity contribution is -0.151. The molecule has 3 atom stereocenters. The Morgan fingerprint density at radius 1 is 1.27 bits per heavy atom. The van der Waals surface area contributed by atoms with E-state index < -0.39 is 0 Å². The first-order valence-electron chi connectivity index (χ1n) is 6.49. The molecule has 2 rings (SSSR count). The summed E-state index contributed by atoms with van der Waals surface area (Å²) >= 11 is 0. The van der Waals surface area contributed by atoms with Crippen LogP contribution in [0.15, 0.2) is 0 Å². The molecule has 15 heavy (non-hydrogen) atoms. The smallest absolute Gasteiger partial charge is 0.306 e. The van der Waals surface area contributed by atoms with Crippen LogP contribution >= 0.6 is 0 Å². The normalized spacial score (nSPS) is 33.3. The molecule has 2 saturated carbocycles. The van der Waals surface area contributed by atoms with Crippen molar-refractivity contribution >= 4 is 5.97 Å². The minimum absolute atomic E-state index is 0.0426. The molecule has 0 saturated heterocycles. The van der Waals surface area contributed by atoms with Crippen molar-refractivity contribution in [2.45, 2.75) is 64.4 Å². The fourth-order valence-electron chi connectivity index (χ4n) is 3.08. The van der Waals surface area contributed by atoms with Crippen molar-refractivity contribution in [3.8, 4) is 0 Å². The van der Waals surface area contributed by atoms with Crippen LogP contribution in [0.25, 0.3) is 0 Å². The topological polar surface area (TPSA) is 26.3 Å². The number of hydrogen-bond acceptors (Lipinski definition) is 2. The summed E-state index contributed by atoms with van der Waals surface area (Å²) in [6.07, 6.45) is 9.33. The van der Waals surface area contributed by atoms with Gasteiger partial charge in [-0.2, -0.15) is 0 Å². The van der Waals surface area contributed by atoms with Gasteiger partial charge in [0.25, 0.3) is 0 Å². The molecule has 0 aromatic carbocycles. The van der Waals surface area contributed by atoms with E-state index in [4.69, 9.17) is 4.74 Å². The van der Waals surface area contributed by atoms with Gasteiger partial charge in [0.05, 0.1) is 0 Å². The van der Waals surface area contributed by atoms with E-state index in [1.54, 1.807) is 0 Å². The lowest BCUT2D eigenvalue weighted by atomic mass is 9.98. The number of rotatable bonds is 5. The third-order valence-corrected chi connectivity index (χ3v) is 3.94. The van der Waals surface area contributed by atoms with Crippen LogP contribution < -0.4 is 0 Å². The second kappa shape index (κ2) is 5.00. The Morgan fingerprint density at radius 3 is 2.73 bits per heavy atom. The molecule has 0 spiro atoms. The lowest BCUT2D eigenvalue weighted by Crippen LogP contribution is -2.23. The summed E-state index contributed by atoms with van der Waals surface area (Å²) in [6.45, 7) is 2.15. The second-order valence-corrected chi connectivity index (χ2v) is 5.16. The third-order valence-electron chi connectivity index (χ3n) is 3.94. The van der Waals surface area contributed by atoms with E-state index in [0.29, 0.717) is 12.3 Å². The number of esters is 1. The number of carbonyl (C=O) groups is 1. The molecule has 86 valence electrons. The molecule has 0 amide bonds. The SMILES string of the molecule is CCCCCC(=O)OC1CC2CCC1C2. The van der Waals surface area contributed by atoms with Gasteiger partial charge in [-0.05, 0) is 43.9 Å². The highest BCUT2D eigenvalue weighted by Gasteiger charge is 2.41. The van der Waals surface area contributed by atoms with Crippen molar-refractivity contribution in [1.82, 2.24) is 0 Å². The van der Waals surface area contributed by atoms with E-state index >= 15 is 0 Å². The van der Waals surface area contributed by atoms with Crippen molar-refractivity contribution in [2.24, 2.45) is 11.8 Å². The number of ether oxygens (including phenoxy) is 1. The van der Waals surface area contributed by atoms with E-state index in [1.165, 1.54) is 25.7 Å². The average molecular weight is 210 g/mol. The maximum absolute atomic E-state index is 11.5.